The van der Waals surface area contributed by atoms with Gasteiger partial charge in [0.2, 0.25) is 5.91 Å². The number of nitrogens with one attached hydrogen (secondary N) is 1. The second-order valence-electron chi connectivity index (χ2n) is 4.19. The summed E-state index contributed by atoms with van der Waals surface area (Å²) >= 11 is 0. The van der Waals surface area contributed by atoms with Crippen molar-refractivity contribution < 1.29 is 18.5 Å². The van der Waals surface area contributed by atoms with Gasteiger partial charge in [-0.3, -0.25) is 14.9 Å². The maximum atomic E-state index is 13.5. The van der Waals surface area contributed by atoms with Crippen LogP contribution < -0.4 is 5.32 Å². The minimum absolute atomic E-state index is 0.255. The SMILES string of the molecule is Cc1ccc(/C=C/C(=O)Nc2cc([N+](=O)[O-])ccc2F)o1. The molecule has 108 valence electrons. The van der Waals surface area contributed by atoms with Crippen LogP contribution in [0.3, 0.4) is 0 Å². The highest BCUT2D eigenvalue weighted by atomic mass is 19.1. The Kier molecular flexibility index (Phi) is 4.13. The van der Waals surface area contributed by atoms with Crippen molar-refractivity contribution in [3.8, 4) is 0 Å². The fraction of sp³-hybridized carbons (Fsp3) is 0.0714. The van der Waals surface area contributed by atoms with Gasteiger partial charge in [-0.05, 0) is 31.2 Å². The predicted molar refractivity (Wildman–Crippen MR) is 74.2 cm³/mol. The number of nitro groups is 1. The number of halogens is 1. The van der Waals surface area contributed by atoms with Crippen LogP contribution in [-0.2, 0) is 4.79 Å². The standard InChI is InChI=1S/C14H11FN2O4/c1-9-2-4-11(21-9)5-7-14(18)16-13-8-10(17(19)20)3-6-12(13)15/h2-8H,1H3,(H,16,18)/b7-5+. The number of furan rings is 1. The molecule has 1 heterocycles. The lowest BCUT2D eigenvalue weighted by Gasteiger charge is -2.03. The van der Waals surface area contributed by atoms with Gasteiger partial charge in [0.05, 0.1) is 10.6 Å². The quantitative estimate of drug-likeness (QED) is 0.532. The maximum absolute atomic E-state index is 13.5. The summed E-state index contributed by atoms with van der Waals surface area (Å²) in [6.45, 7) is 1.76. The molecule has 1 aromatic heterocycles. The predicted octanol–water partition coefficient (Wildman–Crippen LogP) is 3.29. The van der Waals surface area contributed by atoms with Gasteiger partial charge in [-0.2, -0.15) is 0 Å². The van der Waals surface area contributed by atoms with Crippen molar-refractivity contribution in [1.82, 2.24) is 0 Å². The Balaban J connectivity index is 2.10. The number of anilines is 1. The van der Waals surface area contributed by atoms with Crippen LogP contribution in [0.25, 0.3) is 6.08 Å². The zero-order valence-electron chi connectivity index (χ0n) is 11.0. The molecule has 0 saturated heterocycles. The molecule has 6 nitrogen and oxygen atoms in total. The zero-order valence-corrected chi connectivity index (χ0v) is 11.0. The number of non-ortho nitro benzene ring substituents is 1. The van der Waals surface area contributed by atoms with E-state index in [1.54, 1.807) is 19.1 Å². The highest BCUT2D eigenvalue weighted by Gasteiger charge is 2.12. The van der Waals surface area contributed by atoms with E-state index in [0.717, 1.165) is 24.3 Å². The summed E-state index contributed by atoms with van der Waals surface area (Å²) in [5.41, 5.74) is -0.563. The summed E-state index contributed by atoms with van der Waals surface area (Å²) in [7, 11) is 0. The van der Waals surface area contributed by atoms with Gasteiger partial charge >= 0.3 is 0 Å². The fourth-order valence-electron chi connectivity index (χ4n) is 1.60. The molecule has 0 radical (unpaired) electrons. The monoisotopic (exact) mass is 290 g/mol. The topological polar surface area (TPSA) is 85.4 Å². The molecule has 2 rings (SSSR count). The Bertz CT molecular complexity index is 722. The average molecular weight is 290 g/mol. The number of hydrogen-bond acceptors (Lipinski definition) is 4. The minimum atomic E-state index is -0.754. The molecule has 1 amide bonds. The number of carbonyl (C=O) groups is 1. The molecule has 2 aromatic rings. The van der Waals surface area contributed by atoms with Crippen molar-refractivity contribution >= 4 is 23.4 Å². The summed E-state index contributed by atoms with van der Waals surface area (Å²) in [5, 5.41) is 12.8. The Hall–Kier alpha value is -2.96. The summed E-state index contributed by atoms with van der Waals surface area (Å²) < 4.78 is 18.7. The van der Waals surface area contributed by atoms with Gasteiger partial charge in [0.25, 0.3) is 5.69 Å². The Morgan fingerprint density at radius 1 is 1.38 bits per heavy atom. The number of aryl methyl sites for hydroxylation is 1. The highest BCUT2D eigenvalue weighted by molar-refractivity contribution is 6.02. The number of rotatable bonds is 4. The first-order chi connectivity index (χ1) is 9.95. The lowest BCUT2D eigenvalue weighted by Crippen LogP contribution is -2.09. The molecule has 0 aliphatic carbocycles. The van der Waals surface area contributed by atoms with Crippen LogP contribution in [-0.4, -0.2) is 10.8 Å². The molecule has 0 spiro atoms. The van der Waals surface area contributed by atoms with E-state index < -0.39 is 16.6 Å². The maximum Gasteiger partial charge on any atom is 0.271 e. The first-order valence-corrected chi connectivity index (χ1v) is 5.95. The van der Waals surface area contributed by atoms with Gasteiger partial charge < -0.3 is 9.73 Å². The Morgan fingerprint density at radius 3 is 2.76 bits per heavy atom. The van der Waals surface area contributed by atoms with Gasteiger partial charge in [0, 0.05) is 18.2 Å². The van der Waals surface area contributed by atoms with E-state index in [-0.39, 0.29) is 11.4 Å². The summed E-state index contributed by atoms with van der Waals surface area (Å²) in [6.07, 6.45) is 2.56. The number of hydrogen-bond donors (Lipinski definition) is 1. The molecule has 1 aromatic carbocycles. The van der Waals surface area contributed by atoms with Crippen LogP contribution in [0.2, 0.25) is 0 Å². The van der Waals surface area contributed by atoms with Crippen molar-refractivity contribution in [2.45, 2.75) is 6.92 Å². The lowest BCUT2D eigenvalue weighted by atomic mass is 10.2. The third-order valence-electron chi connectivity index (χ3n) is 2.58. The van der Waals surface area contributed by atoms with Crippen molar-refractivity contribution in [3.63, 3.8) is 0 Å². The molecule has 0 bridgehead atoms. The largest absolute Gasteiger partial charge is 0.462 e. The molecule has 0 aliphatic heterocycles. The number of amides is 1. The Labute approximate surface area is 119 Å². The van der Waals surface area contributed by atoms with Gasteiger partial charge in [0.15, 0.2) is 0 Å². The van der Waals surface area contributed by atoms with Crippen LogP contribution in [0.4, 0.5) is 15.8 Å². The van der Waals surface area contributed by atoms with Crippen LogP contribution in [0, 0.1) is 22.9 Å². The minimum Gasteiger partial charge on any atom is -0.462 e. The Morgan fingerprint density at radius 2 is 2.14 bits per heavy atom. The summed E-state index contributed by atoms with van der Waals surface area (Å²) in [4.78, 5) is 21.6. The second-order valence-corrected chi connectivity index (χ2v) is 4.19. The van der Waals surface area contributed by atoms with E-state index in [0.29, 0.717) is 11.5 Å². The second kappa shape index (κ2) is 6.00. The molecule has 0 saturated carbocycles. The molecule has 21 heavy (non-hydrogen) atoms. The van der Waals surface area contributed by atoms with Crippen LogP contribution in [0.15, 0.2) is 40.8 Å². The molecule has 0 atom stereocenters. The fourth-order valence-corrected chi connectivity index (χ4v) is 1.60. The van der Waals surface area contributed by atoms with Crippen LogP contribution in [0.1, 0.15) is 11.5 Å². The third kappa shape index (κ3) is 3.75. The van der Waals surface area contributed by atoms with E-state index >= 15 is 0 Å². The van der Waals surface area contributed by atoms with E-state index in [4.69, 9.17) is 4.42 Å². The van der Waals surface area contributed by atoms with Crippen molar-refractivity contribution in [3.05, 3.63) is 63.9 Å². The third-order valence-corrected chi connectivity index (χ3v) is 2.58. The van der Waals surface area contributed by atoms with E-state index in [1.165, 1.54) is 6.08 Å². The first kappa shape index (κ1) is 14.4. The van der Waals surface area contributed by atoms with Gasteiger partial charge in [0.1, 0.15) is 17.3 Å². The molecule has 7 heteroatoms. The smallest absolute Gasteiger partial charge is 0.271 e. The van der Waals surface area contributed by atoms with Crippen molar-refractivity contribution in [1.29, 1.82) is 0 Å². The van der Waals surface area contributed by atoms with Crippen molar-refractivity contribution in [2.24, 2.45) is 0 Å². The molecule has 0 fully saturated rings. The lowest BCUT2D eigenvalue weighted by molar-refractivity contribution is -0.384. The number of nitro benzene ring substituents is 1. The van der Waals surface area contributed by atoms with E-state index in [9.17, 15) is 19.3 Å². The zero-order chi connectivity index (χ0) is 15.4. The normalized spacial score (nSPS) is 10.8. The first-order valence-electron chi connectivity index (χ1n) is 5.95. The molecule has 1 N–H and O–H groups in total. The van der Waals surface area contributed by atoms with Gasteiger partial charge in [-0.1, -0.05) is 0 Å². The summed E-state index contributed by atoms with van der Waals surface area (Å²) in [5.74, 6) is -0.207. The molecule has 0 aliphatic rings. The van der Waals surface area contributed by atoms with Crippen LogP contribution >= 0.6 is 0 Å². The van der Waals surface area contributed by atoms with Gasteiger partial charge in [-0.15, -0.1) is 0 Å². The molecule has 0 unspecified atom stereocenters. The number of carbonyl (C=O) groups excluding carboxylic acids is 1. The average Bonchev–Trinajstić information content (AvgIpc) is 2.84. The summed E-state index contributed by atoms with van der Waals surface area (Å²) in [6, 6.07) is 6.31. The molecular weight excluding hydrogens is 279 g/mol. The number of benzene rings is 1. The van der Waals surface area contributed by atoms with Gasteiger partial charge in [-0.25, -0.2) is 4.39 Å². The highest BCUT2D eigenvalue weighted by Crippen LogP contribution is 2.21. The number of nitrogens with zero attached hydrogens (tertiary/aromatic N) is 1. The molecular formula is C14H11FN2O4. The van der Waals surface area contributed by atoms with E-state index in [1.807, 2.05) is 0 Å². The van der Waals surface area contributed by atoms with Crippen LogP contribution in [0.5, 0.6) is 0 Å². The van der Waals surface area contributed by atoms with E-state index in [2.05, 4.69) is 5.32 Å². The van der Waals surface area contributed by atoms with Crippen molar-refractivity contribution in [2.75, 3.05) is 5.32 Å².